The average Bonchev–Trinajstić information content (AvgIpc) is 3.32. The first-order valence-corrected chi connectivity index (χ1v) is 9.56. The van der Waals surface area contributed by atoms with Gasteiger partial charge in [0.25, 0.3) is 0 Å². The number of aromatic nitrogens is 2. The van der Waals surface area contributed by atoms with Crippen LogP contribution < -0.4 is 5.32 Å². The van der Waals surface area contributed by atoms with E-state index in [0.717, 1.165) is 24.1 Å². The maximum Gasteiger partial charge on any atom is 0.317 e. The summed E-state index contributed by atoms with van der Waals surface area (Å²) in [5.74, 6) is 1.32. The molecular formula is C20H26N4O2. The molecule has 6 nitrogen and oxygen atoms in total. The average molecular weight is 354 g/mol. The minimum atomic E-state index is -0.0209. The molecule has 2 aliphatic carbocycles. The maximum atomic E-state index is 12.7. The number of hydrogen-bond donors (Lipinski definition) is 1. The molecule has 2 aliphatic rings. The Labute approximate surface area is 154 Å². The van der Waals surface area contributed by atoms with Gasteiger partial charge in [-0.25, -0.2) is 4.79 Å². The van der Waals surface area contributed by atoms with Crippen LogP contribution in [0.5, 0.6) is 0 Å². The van der Waals surface area contributed by atoms with Gasteiger partial charge in [-0.15, -0.1) is 0 Å². The molecule has 0 aliphatic heterocycles. The molecular weight excluding hydrogens is 328 g/mol. The number of amides is 2. The molecule has 138 valence electrons. The van der Waals surface area contributed by atoms with E-state index in [0.29, 0.717) is 18.2 Å². The molecule has 2 heterocycles. The van der Waals surface area contributed by atoms with Gasteiger partial charge in [-0.1, -0.05) is 24.4 Å². The van der Waals surface area contributed by atoms with E-state index in [-0.39, 0.29) is 11.6 Å². The van der Waals surface area contributed by atoms with E-state index in [9.17, 15) is 4.79 Å². The maximum absolute atomic E-state index is 12.7. The van der Waals surface area contributed by atoms with Crippen molar-refractivity contribution >= 4 is 6.03 Å². The Morgan fingerprint density at radius 3 is 2.85 bits per heavy atom. The predicted octanol–water partition coefficient (Wildman–Crippen LogP) is 3.99. The summed E-state index contributed by atoms with van der Waals surface area (Å²) in [5.41, 5.74) is 1.69. The van der Waals surface area contributed by atoms with Crippen LogP contribution in [-0.2, 0) is 6.54 Å². The van der Waals surface area contributed by atoms with E-state index in [1.807, 2.05) is 18.2 Å². The van der Waals surface area contributed by atoms with Crippen molar-refractivity contribution in [1.29, 1.82) is 0 Å². The molecule has 26 heavy (non-hydrogen) atoms. The van der Waals surface area contributed by atoms with Crippen LogP contribution in [0.15, 0.2) is 35.1 Å². The summed E-state index contributed by atoms with van der Waals surface area (Å²) in [6.07, 6.45) is 12.1. The van der Waals surface area contributed by atoms with Crippen molar-refractivity contribution in [2.45, 2.75) is 57.0 Å². The molecule has 0 spiro atoms. The zero-order chi connectivity index (χ0) is 18.0. The topological polar surface area (TPSA) is 71.3 Å². The summed E-state index contributed by atoms with van der Waals surface area (Å²) >= 11 is 0. The summed E-state index contributed by atoms with van der Waals surface area (Å²) in [5, 5.41) is 7.40. The summed E-state index contributed by atoms with van der Waals surface area (Å²) < 4.78 is 5.40. The molecule has 0 bridgehead atoms. The van der Waals surface area contributed by atoms with E-state index in [2.05, 4.69) is 15.5 Å². The number of nitrogens with one attached hydrogen (secondary N) is 1. The minimum Gasteiger partial charge on any atom is -0.359 e. The molecule has 0 aromatic carbocycles. The van der Waals surface area contributed by atoms with Gasteiger partial charge in [0, 0.05) is 36.6 Å². The molecule has 0 atom stereocenters. The van der Waals surface area contributed by atoms with Crippen LogP contribution >= 0.6 is 0 Å². The number of rotatable bonds is 5. The number of carbonyl (C=O) groups excluding carboxylic acids is 1. The van der Waals surface area contributed by atoms with Gasteiger partial charge in [-0.3, -0.25) is 4.98 Å². The van der Waals surface area contributed by atoms with E-state index >= 15 is 0 Å². The Kier molecular flexibility index (Phi) is 4.66. The highest BCUT2D eigenvalue weighted by Gasteiger charge is 2.50. The molecule has 0 radical (unpaired) electrons. The number of hydrogen-bond acceptors (Lipinski definition) is 4. The van der Waals surface area contributed by atoms with E-state index < -0.39 is 0 Å². The lowest BCUT2D eigenvalue weighted by molar-refractivity contribution is 0.181. The second-order valence-electron chi connectivity index (χ2n) is 7.70. The molecule has 1 N–H and O–H groups in total. The molecule has 4 rings (SSSR count). The van der Waals surface area contributed by atoms with Crippen molar-refractivity contribution in [2.75, 3.05) is 7.05 Å². The van der Waals surface area contributed by atoms with Gasteiger partial charge in [0.1, 0.15) is 5.69 Å². The summed E-state index contributed by atoms with van der Waals surface area (Å²) in [6, 6.07) is 5.65. The fraction of sp³-hybridized carbons (Fsp3) is 0.550. The van der Waals surface area contributed by atoms with Crippen LogP contribution in [0.3, 0.4) is 0 Å². The highest BCUT2D eigenvalue weighted by atomic mass is 16.5. The third-order valence-electron chi connectivity index (χ3n) is 5.79. The fourth-order valence-electron chi connectivity index (χ4n) is 4.08. The first-order valence-electron chi connectivity index (χ1n) is 9.56. The molecule has 2 aromatic heterocycles. The van der Waals surface area contributed by atoms with E-state index in [1.165, 1.54) is 32.1 Å². The van der Waals surface area contributed by atoms with Crippen molar-refractivity contribution < 1.29 is 9.32 Å². The first kappa shape index (κ1) is 17.1. The van der Waals surface area contributed by atoms with Crippen LogP contribution in [0.2, 0.25) is 0 Å². The van der Waals surface area contributed by atoms with Gasteiger partial charge in [-0.05, 0) is 43.7 Å². The highest BCUT2D eigenvalue weighted by Crippen LogP contribution is 2.48. The summed E-state index contributed by atoms with van der Waals surface area (Å²) in [4.78, 5) is 18.4. The summed E-state index contributed by atoms with van der Waals surface area (Å²) in [6.45, 7) is 0.403. The monoisotopic (exact) mass is 354 g/mol. The van der Waals surface area contributed by atoms with Gasteiger partial charge in [0.15, 0.2) is 5.76 Å². The van der Waals surface area contributed by atoms with Crippen molar-refractivity contribution in [3.8, 4) is 11.3 Å². The number of urea groups is 1. The zero-order valence-electron chi connectivity index (χ0n) is 15.3. The lowest BCUT2D eigenvalue weighted by Gasteiger charge is -2.32. The third kappa shape index (κ3) is 3.59. The number of nitrogens with zero attached hydrogens (tertiary/aromatic N) is 3. The lowest BCUT2D eigenvalue weighted by atomic mass is 9.82. The Morgan fingerprint density at radius 2 is 2.15 bits per heavy atom. The Bertz CT molecular complexity index is 748. The van der Waals surface area contributed by atoms with Gasteiger partial charge < -0.3 is 14.7 Å². The van der Waals surface area contributed by atoms with Crippen molar-refractivity contribution in [3.63, 3.8) is 0 Å². The first-order chi connectivity index (χ1) is 12.7. The zero-order valence-corrected chi connectivity index (χ0v) is 15.3. The molecule has 2 fully saturated rings. The SMILES string of the molecule is CN(Cc1cc(-c2cccnc2)no1)C(=O)NC1(C2CCCCC2)CC1. The molecule has 2 aromatic rings. The van der Waals surface area contributed by atoms with Gasteiger partial charge in [0.2, 0.25) is 0 Å². The van der Waals surface area contributed by atoms with Crippen molar-refractivity contribution in [2.24, 2.45) is 5.92 Å². The third-order valence-corrected chi connectivity index (χ3v) is 5.79. The van der Waals surface area contributed by atoms with Crippen LogP contribution in [0.25, 0.3) is 11.3 Å². The van der Waals surface area contributed by atoms with Gasteiger partial charge in [0.05, 0.1) is 6.54 Å². The Balaban J connectivity index is 1.35. The van der Waals surface area contributed by atoms with Gasteiger partial charge in [-0.2, -0.15) is 0 Å². The molecule has 2 saturated carbocycles. The standard InChI is InChI=1S/C20H26N4O2/c1-24(14-17-12-18(23-26-17)15-6-5-11-21-13-15)19(25)22-20(9-10-20)16-7-3-2-4-8-16/h5-6,11-13,16H,2-4,7-10,14H2,1H3,(H,22,25). The van der Waals surface area contributed by atoms with E-state index in [4.69, 9.17) is 4.52 Å². The van der Waals surface area contributed by atoms with Crippen LogP contribution in [0.1, 0.15) is 50.7 Å². The smallest absolute Gasteiger partial charge is 0.317 e. The normalized spacial score (nSPS) is 19.1. The summed E-state index contributed by atoms with van der Waals surface area (Å²) in [7, 11) is 1.80. The largest absolute Gasteiger partial charge is 0.359 e. The van der Waals surface area contributed by atoms with Crippen LogP contribution in [0.4, 0.5) is 4.79 Å². The lowest BCUT2D eigenvalue weighted by Crippen LogP contribution is -2.48. The highest BCUT2D eigenvalue weighted by molar-refractivity contribution is 5.75. The quantitative estimate of drug-likeness (QED) is 0.881. The van der Waals surface area contributed by atoms with Crippen molar-refractivity contribution in [3.05, 3.63) is 36.4 Å². The van der Waals surface area contributed by atoms with Crippen molar-refractivity contribution in [1.82, 2.24) is 20.4 Å². The predicted molar refractivity (Wildman–Crippen MR) is 98.3 cm³/mol. The van der Waals surface area contributed by atoms with Crippen LogP contribution in [0, 0.1) is 5.92 Å². The van der Waals surface area contributed by atoms with Gasteiger partial charge >= 0.3 is 6.03 Å². The van der Waals surface area contributed by atoms with E-state index in [1.54, 1.807) is 24.3 Å². The Morgan fingerprint density at radius 1 is 1.35 bits per heavy atom. The molecule has 6 heteroatoms. The number of pyridine rings is 1. The van der Waals surface area contributed by atoms with Crippen LogP contribution in [-0.4, -0.2) is 33.7 Å². The molecule has 2 amide bonds. The Hall–Kier alpha value is -2.37. The molecule has 0 unspecified atom stereocenters. The number of carbonyl (C=O) groups is 1. The second-order valence-corrected chi connectivity index (χ2v) is 7.70. The minimum absolute atomic E-state index is 0.0209. The second kappa shape index (κ2) is 7.09. The molecule has 0 saturated heterocycles. The fourth-order valence-corrected chi connectivity index (χ4v) is 4.08.